The van der Waals surface area contributed by atoms with Crippen molar-refractivity contribution in [1.29, 1.82) is 0 Å². The Bertz CT molecular complexity index is 503. The number of amides is 1. The highest BCUT2D eigenvalue weighted by Crippen LogP contribution is 2.13. The lowest BCUT2D eigenvalue weighted by atomic mass is 10.2. The molecule has 3 N–H and O–H groups in total. The van der Waals surface area contributed by atoms with Gasteiger partial charge < -0.3 is 20.7 Å². The minimum atomic E-state index is -0.466. The molecule has 1 aromatic heterocycles. The lowest BCUT2D eigenvalue weighted by Crippen LogP contribution is -2.36. The molecule has 0 fully saturated rings. The third kappa shape index (κ3) is 8.35. The smallest absolute Gasteiger partial charge is 0.407 e. The quantitative estimate of drug-likeness (QED) is 0.588. The highest BCUT2D eigenvalue weighted by molar-refractivity contribution is 7.80. The van der Waals surface area contributed by atoms with Crippen LogP contribution in [0.25, 0.3) is 0 Å². The summed E-state index contributed by atoms with van der Waals surface area (Å²) in [6.45, 7) is 6.87. The summed E-state index contributed by atoms with van der Waals surface area (Å²) >= 11 is 5.09. The predicted molar refractivity (Wildman–Crippen MR) is 96.5 cm³/mol. The molecule has 128 valence electrons. The van der Waals surface area contributed by atoms with Crippen molar-refractivity contribution < 1.29 is 9.53 Å². The van der Waals surface area contributed by atoms with Crippen LogP contribution in [-0.2, 0) is 4.74 Å². The minimum absolute atomic E-state index is 0.350. The van der Waals surface area contributed by atoms with Crippen LogP contribution in [-0.4, -0.2) is 34.9 Å². The van der Waals surface area contributed by atoms with E-state index in [0.717, 1.165) is 31.5 Å². The first-order valence-corrected chi connectivity index (χ1v) is 8.14. The summed E-state index contributed by atoms with van der Waals surface area (Å²) in [7, 11) is 0. The Labute approximate surface area is 143 Å². The van der Waals surface area contributed by atoms with Gasteiger partial charge in [-0.15, -0.1) is 0 Å². The Morgan fingerprint density at radius 3 is 2.52 bits per heavy atom. The Hall–Kier alpha value is -1.89. The summed E-state index contributed by atoms with van der Waals surface area (Å²) in [5, 5.41) is 3.10. The average Bonchev–Trinajstić information content (AvgIpc) is 2.45. The number of aromatic nitrogens is 1. The van der Waals surface area contributed by atoms with Crippen molar-refractivity contribution in [3.8, 4) is 0 Å². The molecule has 1 aromatic rings. The molecule has 1 heterocycles. The van der Waals surface area contributed by atoms with E-state index in [0.29, 0.717) is 11.7 Å². The Morgan fingerprint density at radius 2 is 1.96 bits per heavy atom. The fourth-order valence-electron chi connectivity index (χ4n) is 1.97. The van der Waals surface area contributed by atoms with Gasteiger partial charge in [0.05, 0.1) is 0 Å². The number of nitrogens with zero attached hydrogens (tertiary/aromatic N) is 2. The molecular weight excluding hydrogens is 312 g/mol. The number of nitrogens with two attached hydrogens (primary N) is 1. The number of carbonyl (C=O) groups excluding carboxylic acids is 1. The maximum atomic E-state index is 11.5. The molecule has 0 spiro atoms. The normalized spacial score (nSPS) is 10.9. The van der Waals surface area contributed by atoms with Crippen LogP contribution in [0.1, 0.15) is 40.0 Å². The van der Waals surface area contributed by atoms with E-state index in [2.05, 4.69) is 10.3 Å². The molecular formula is C16H26N4O2S. The molecule has 0 aromatic carbocycles. The Kier molecular flexibility index (Phi) is 7.74. The highest BCUT2D eigenvalue weighted by Gasteiger charge is 2.15. The highest BCUT2D eigenvalue weighted by atomic mass is 32.1. The van der Waals surface area contributed by atoms with E-state index in [1.807, 2.05) is 37.8 Å². The molecule has 23 heavy (non-hydrogen) atoms. The van der Waals surface area contributed by atoms with Crippen molar-refractivity contribution in [2.24, 2.45) is 5.73 Å². The van der Waals surface area contributed by atoms with Crippen LogP contribution in [0.4, 0.5) is 10.5 Å². The largest absolute Gasteiger partial charge is 0.444 e. The van der Waals surface area contributed by atoms with Crippen molar-refractivity contribution >= 4 is 29.1 Å². The van der Waals surface area contributed by atoms with Crippen molar-refractivity contribution in [2.75, 3.05) is 18.0 Å². The number of rotatable bonds is 7. The maximum absolute atomic E-state index is 11.5. The number of anilines is 1. The number of carbonyl (C=O) groups is 1. The molecule has 6 nitrogen and oxygen atoms in total. The molecule has 0 radical (unpaired) electrons. The van der Waals surface area contributed by atoms with Crippen LogP contribution in [0.5, 0.6) is 0 Å². The van der Waals surface area contributed by atoms with E-state index in [4.69, 9.17) is 22.7 Å². The van der Waals surface area contributed by atoms with E-state index in [1.165, 1.54) is 0 Å². The molecule has 1 amide bonds. The van der Waals surface area contributed by atoms with Gasteiger partial charge in [-0.05, 0) is 64.4 Å². The zero-order valence-corrected chi connectivity index (χ0v) is 14.9. The van der Waals surface area contributed by atoms with Crippen LogP contribution < -0.4 is 16.0 Å². The standard InChI is InChI=1S/C16H26N4O2S/c1-16(2,3)22-15(21)19-9-5-4-6-12-20(14(17)23)13-7-10-18-11-8-13/h7-8,10-11H,4-6,9,12H2,1-3H3,(H2,17,23)(H,19,21). The van der Waals surface area contributed by atoms with Gasteiger partial charge in [-0.25, -0.2) is 4.79 Å². The average molecular weight is 338 g/mol. The molecule has 7 heteroatoms. The second-order valence-corrected chi connectivity index (χ2v) is 6.60. The molecule has 0 aliphatic carbocycles. The van der Waals surface area contributed by atoms with E-state index in [-0.39, 0.29) is 6.09 Å². The van der Waals surface area contributed by atoms with Crippen molar-refractivity contribution in [3.05, 3.63) is 24.5 Å². The van der Waals surface area contributed by atoms with Gasteiger partial charge in [0.15, 0.2) is 5.11 Å². The van der Waals surface area contributed by atoms with Gasteiger partial charge in [-0.1, -0.05) is 0 Å². The zero-order chi connectivity index (χ0) is 17.3. The van der Waals surface area contributed by atoms with Gasteiger partial charge in [0, 0.05) is 31.2 Å². The van der Waals surface area contributed by atoms with Crippen LogP contribution >= 0.6 is 12.2 Å². The van der Waals surface area contributed by atoms with Crippen LogP contribution in [0.15, 0.2) is 24.5 Å². The van der Waals surface area contributed by atoms with Gasteiger partial charge in [0.2, 0.25) is 0 Å². The monoisotopic (exact) mass is 338 g/mol. The van der Waals surface area contributed by atoms with E-state index in [9.17, 15) is 4.79 Å². The van der Waals surface area contributed by atoms with Crippen LogP contribution in [0.3, 0.4) is 0 Å². The zero-order valence-electron chi connectivity index (χ0n) is 14.0. The third-order valence-corrected chi connectivity index (χ3v) is 3.19. The van der Waals surface area contributed by atoms with Gasteiger partial charge >= 0.3 is 6.09 Å². The van der Waals surface area contributed by atoms with Crippen molar-refractivity contribution in [3.63, 3.8) is 0 Å². The lowest BCUT2D eigenvalue weighted by Gasteiger charge is -2.22. The second kappa shape index (κ2) is 9.29. The number of unbranched alkanes of at least 4 members (excludes halogenated alkanes) is 2. The summed E-state index contributed by atoms with van der Waals surface area (Å²) in [6.07, 6.45) is 5.81. The first kappa shape index (κ1) is 19.2. The number of ether oxygens (including phenoxy) is 1. The molecule has 0 saturated carbocycles. The number of pyridine rings is 1. The van der Waals surface area contributed by atoms with Gasteiger partial charge in [0.25, 0.3) is 0 Å². The maximum Gasteiger partial charge on any atom is 0.407 e. The summed E-state index contributed by atoms with van der Waals surface area (Å²) < 4.78 is 5.17. The fourth-order valence-corrected chi connectivity index (χ4v) is 2.16. The molecule has 1 rings (SSSR count). The van der Waals surface area contributed by atoms with Gasteiger partial charge in [0.1, 0.15) is 5.60 Å². The Morgan fingerprint density at radius 1 is 1.30 bits per heavy atom. The van der Waals surface area contributed by atoms with Crippen molar-refractivity contribution in [1.82, 2.24) is 10.3 Å². The number of hydrogen-bond donors (Lipinski definition) is 2. The van der Waals surface area contributed by atoms with E-state index < -0.39 is 5.60 Å². The molecule has 0 aliphatic rings. The number of hydrogen-bond acceptors (Lipinski definition) is 4. The molecule has 0 aliphatic heterocycles. The topological polar surface area (TPSA) is 80.5 Å². The minimum Gasteiger partial charge on any atom is -0.444 e. The summed E-state index contributed by atoms with van der Waals surface area (Å²) in [5.74, 6) is 0. The summed E-state index contributed by atoms with van der Waals surface area (Å²) in [4.78, 5) is 17.4. The van der Waals surface area contributed by atoms with E-state index in [1.54, 1.807) is 12.4 Å². The molecule has 0 bridgehead atoms. The Balaban J connectivity index is 2.23. The number of nitrogens with one attached hydrogen (secondary N) is 1. The first-order valence-electron chi connectivity index (χ1n) is 7.73. The summed E-state index contributed by atoms with van der Waals surface area (Å²) in [6, 6.07) is 3.76. The molecule has 0 saturated heterocycles. The third-order valence-electron chi connectivity index (χ3n) is 2.97. The molecule has 0 unspecified atom stereocenters. The summed E-state index contributed by atoms with van der Waals surface area (Å²) in [5.41, 5.74) is 6.25. The van der Waals surface area contributed by atoms with Gasteiger partial charge in [-0.2, -0.15) is 0 Å². The SMILES string of the molecule is CC(C)(C)OC(=O)NCCCCCN(C(N)=S)c1ccncc1. The van der Waals surface area contributed by atoms with Crippen LogP contribution in [0.2, 0.25) is 0 Å². The number of alkyl carbamates (subject to hydrolysis) is 1. The van der Waals surface area contributed by atoms with Crippen molar-refractivity contribution in [2.45, 2.75) is 45.6 Å². The first-order chi connectivity index (χ1) is 10.8. The second-order valence-electron chi connectivity index (χ2n) is 6.18. The molecule has 0 atom stereocenters. The number of thiocarbonyl (C=S) groups is 1. The predicted octanol–water partition coefficient (Wildman–Crippen LogP) is 2.83. The van der Waals surface area contributed by atoms with E-state index >= 15 is 0 Å². The van der Waals surface area contributed by atoms with Crippen LogP contribution in [0, 0.1) is 0 Å². The fraction of sp³-hybridized carbons (Fsp3) is 0.562. The van der Waals surface area contributed by atoms with Gasteiger partial charge in [-0.3, -0.25) is 4.98 Å². The lowest BCUT2D eigenvalue weighted by molar-refractivity contribution is 0.0527.